The molecule has 1 amide bonds. The summed E-state index contributed by atoms with van der Waals surface area (Å²) in [4.78, 5) is 12.0. The van der Waals surface area contributed by atoms with Gasteiger partial charge < -0.3 is 5.73 Å². The van der Waals surface area contributed by atoms with Crippen molar-refractivity contribution in [1.82, 2.24) is 10.4 Å². The number of hydrogen-bond acceptors (Lipinski definition) is 5. The zero-order valence-electron chi connectivity index (χ0n) is 11.2. The zero-order chi connectivity index (χ0) is 14.9. The molecule has 1 heterocycles. The van der Waals surface area contributed by atoms with Gasteiger partial charge in [-0.2, -0.15) is 10.1 Å². The van der Waals surface area contributed by atoms with Crippen molar-refractivity contribution >= 4 is 34.6 Å². The Labute approximate surface area is 122 Å². The molecule has 0 unspecified atom stereocenters. The van der Waals surface area contributed by atoms with Gasteiger partial charge in [-0.25, -0.2) is 0 Å². The monoisotopic (exact) mass is 289 g/mol. The van der Waals surface area contributed by atoms with Crippen LogP contribution in [0.1, 0.15) is 11.1 Å². The molecule has 0 spiro atoms. The number of thiocarbonyl (C=S) groups is 1. The largest absolute Gasteiger partial charge is 0.374 e. The Kier molecular flexibility index (Phi) is 3.71. The Bertz CT molecular complexity index is 638. The van der Waals surface area contributed by atoms with Crippen molar-refractivity contribution in [3.8, 4) is 0 Å². The lowest BCUT2D eigenvalue weighted by Crippen LogP contribution is -2.43. The molecule has 2 rings (SSSR count). The summed E-state index contributed by atoms with van der Waals surface area (Å²) in [6.07, 6.45) is 0. The summed E-state index contributed by atoms with van der Waals surface area (Å²) in [6.45, 7) is 7.64. The predicted octanol–water partition coefficient (Wildman–Crippen LogP) is 1.18. The Morgan fingerprint density at radius 3 is 2.80 bits per heavy atom. The maximum absolute atomic E-state index is 12.0. The zero-order valence-corrected chi connectivity index (χ0v) is 12.0. The number of amides is 1. The number of benzene rings is 1. The van der Waals surface area contributed by atoms with E-state index in [1.165, 1.54) is 0 Å². The SMILES string of the molecule is C=C1NN(C(N)=S)C(=O)/C1=N\Nc1cc(C)ccc1C. The number of hydrogen-bond donors (Lipinski definition) is 3. The summed E-state index contributed by atoms with van der Waals surface area (Å²) in [5.74, 6) is -0.430. The van der Waals surface area contributed by atoms with Crippen LogP contribution in [-0.4, -0.2) is 21.7 Å². The highest BCUT2D eigenvalue weighted by molar-refractivity contribution is 7.80. The van der Waals surface area contributed by atoms with Crippen LogP contribution < -0.4 is 16.6 Å². The molecule has 0 aliphatic carbocycles. The van der Waals surface area contributed by atoms with Gasteiger partial charge in [-0.1, -0.05) is 18.7 Å². The lowest BCUT2D eigenvalue weighted by Gasteiger charge is -2.11. The van der Waals surface area contributed by atoms with Crippen molar-refractivity contribution in [3.05, 3.63) is 41.6 Å². The minimum absolute atomic E-state index is 0.0758. The fourth-order valence-electron chi connectivity index (χ4n) is 1.72. The number of rotatable bonds is 2. The van der Waals surface area contributed by atoms with E-state index in [2.05, 4.69) is 22.5 Å². The second-order valence-electron chi connectivity index (χ2n) is 4.46. The number of hydrazone groups is 1. The lowest BCUT2D eigenvalue weighted by atomic mass is 10.1. The number of nitrogens with one attached hydrogen (secondary N) is 2. The molecule has 1 aliphatic heterocycles. The number of aryl methyl sites for hydroxylation is 2. The molecule has 20 heavy (non-hydrogen) atoms. The van der Waals surface area contributed by atoms with E-state index >= 15 is 0 Å². The van der Waals surface area contributed by atoms with Gasteiger partial charge >= 0.3 is 5.91 Å². The van der Waals surface area contributed by atoms with Crippen molar-refractivity contribution in [2.45, 2.75) is 13.8 Å². The van der Waals surface area contributed by atoms with Crippen LogP contribution in [0.25, 0.3) is 0 Å². The maximum atomic E-state index is 12.0. The third-order valence-corrected chi connectivity index (χ3v) is 3.02. The van der Waals surface area contributed by atoms with Crippen LogP contribution in [0.3, 0.4) is 0 Å². The molecule has 0 bridgehead atoms. The van der Waals surface area contributed by atoms with E-state index in [1.807, 2.05) is 32.0 Å². The minimum atomic E-state index is -0.430. The van der Waals surface area contributed by atoms with E-state index in [9.17, 15) is 4.79 Å². The number of carbonyl (C=O) groups excluding carboxylic acids is 1. The van der Waals surface area contributed by atoms with Crippen molar-refractivity contribution < 1.29 is 4.79 Å². The van der Waals surface area contributed by atoms with Crippen LogP contribution in [0.15, 0.2) is 35.6 Å². The van der Waals surface area contributed by atoms with Crippen molar-refractivity contribution in [1.29, 1.82) is 0 Å². The quantitative estimate of drug-likeness (QED) is 0.562. The van der Waals surface area contributed by atoms with Crippen molar-refractivity contribution in [2.75, 3.05) is 5.43 Å². The first-order chi connectivity index (χ1) is 9.40. The second kappa shape index (κ2) is 5.30. The lowest BCUT2D eigenvalue weighted by molar-refractivity contribution is -0.120. The van der Waals surface area contributed by atoms with Gasteiger partial charge in [0.15, 0.2) is 10.8 Å². The molecular weight excluding hydrogens is 274 g/mol. The standard InChI is InChI=1S/C13H15N5OS/c1-7-4-5-8(2)10(6-7)15-16-11-9(3)17-18(12(11)19)13(14)20/h4-6,15,17H,3H2,1-2H3,(H2,14,20)/b16-11-. The second-order valence-corrected chi connectivity index (χ2v) is 4.88. The molecule has 1 fully saturated rings. The molecule has 6 nitrogen and oxygen atoms in total. The van der Waals surface area contributed by atoms with Gasteiger partial charge in [-0.15, -0.1) is 0 Å². The van der Waals surface area contributed by atoms with E-state index in [-0.39, 0.29) is 10.8 Å². The molecule has 1 aromatic carbocycles. The Balaban J connectivity index is 2.23. The van der Waals surface area contributed by atoms with Crippen LogP contribution in [-0.2, 0) is 4.79 Å². The van der Waals surface area contributed by atoms with Gasteiger partial charge in [0.05, 0.1) is 11.4 Å². The van der Waals surface area contributed by atoms with Gasteiger partial charge in [0.1, 0.15) is 0 Å². The van der Waals surface area contributed by atoms with Crippen molar-refractivity contribution in [3.63, 3.8) is 0 Å². The maximum Gasteiger partial charge on any atom is 0.301 e. The molecule has 1 aliphatic rings. The highest BCUT2D eigenvalue weighted by Gasteiger charge is 2.32. The molecule has 4 N–H and O–H groups in total. The topological polar surface area (TPSA) is 82.8 Å². The molecule has 104 valence electrons. The summed E-state index contributed by atoms with van der Waals surface area (Å²) < 4.78 is 0. The molecule has 0 atom stereocenters. The number of nitrogens with zero attached hydrogens (tertiary/aromatic N) is 2. The highest BCUT2D eigenvalue weighted by Crippen LogP contribution is 2.17. The first-order valence-corrected chi connectivity index (χ1v) is 6.31. The van der Waals surface area contributed by atoms with Crippen LogP contribution in [0.4, 0.5) is 5.69 Å². The van der Waals surface area contributed by atoms with E-state index in [1.54, 1.807) is 0 Å². The molecule has 1 aromatic rings. The smallest absolute Gasteiger partial charge is 0.301 e. The Hall–Kier alpha value is -2.41. The number of nitrogens with two attached hydrogens (primary N) is 1. The predicted molar refractivity (Wildman–Crippen MR) is 82.9 cm³/mol. The van der Waals surface area contributed by atoms with Gasteiger partial charge in [0.25, 0.3) is 0 Å². The van der Waals surface area contributed by atoms with Gasteiger partial charge in [-0.05, 0) is 43.3 Å². The third-order valence-electron chi connectivity index (χ3n) is 2.84. The highest BCUT2D eigenvalue weighted by atomic mass is 32.1. The van der Waals surface area contributed by atoms with Gasteiger partial charge in [-0.3, -0.25) is 15.6 Å². The number of hydrazine groups is 1. The fourth-order valence-corrected chi connectivity index (χ4v) is 1.85. The third kappa shape index (κ3) is 2.62. The first-order valence-electron chi connectivity index (χ1n) is 5.91. The van der Waals surface area contributed by atoms with Crippen LogP contribution >= 0.6 is 12.2 Å². The van der Waals surface area contributed by atoms with Gasteiger partial charge in [0, 0.05) is 0 Å². The molecule has 0 radical (unpaired) electrons. The van der Waals surface area contributed by atoms with Gasteiger partial charge in [0.2, 0.25) is 0 Å². The number of carbonyl (C=O) groups is 1. The molecular formula is C13H15N5OS. The average molecular weight is 289 g/mol. The van der Waals surface area contributed by atoms with E-state index < -0.39 is 5.91 Å². The normalized spacial score (nSPS) is 16.5. The van der Waals surface area contributed by atoms with Crippen LogP contribution in [0, 0.1) is 13.8 Å². The minimum Gasteiger partial charge on any atom is -0.374 e. The van der Waals surface area contributed by atoms with Crippen LogP contribution in [0.2, 0.25) is 0 Å². The molecule has 1 saturated heterocycles. The first kappa shape index (κ1) is 14.0. The summed E-state index contributed by atoms with van der Waals surface area (Å²) in [5.41, 5.74) is 14.4. The summed E-state index contributed by atoms with van der Waals surface area (Å²) in [5, 5.41) is 5.04. The summed E-state index contributed by atoms with van der Waals surface area (Å²) in [7, 11) is 0. The van der Waals surface area contributed by atoms with Crippen molar-refractivity contribution in [2.24, 2.45) is 10.8 Å². The number of anilines is 1. The summed E-state index contributed by atoms with van der Waals surface area (Å²) in [6, 6.07) is 5.92. The molecule has 0 aromatic heterocycles. The Morgan fingerprint density at radius 2 is 2.20 bits per heavy atom. The van der Waals surface area contributed by atoms with Crippen LogP contribution in [0.5, 0.6) is 0 Å². The molecule has 0 saturated carbocycles. The van der Waals surface area contributed by atoms with E-state index in [4.69, 9.17) is 18.0 Å². The van der Waals surface area contributed by atoms with E-state index in [0.29, 0.717) is 5.70 Å². The Morgan fingerprint density at radius 1 is 1.50 bits per heavy atom. The van der Waals surface area contributed by atoms with E-state index in [0.717, 1.165) is 21.8 Å². The average Bonchev–Trinajstić information content (AvgIpc) is 2.67. The fraction of sp³-hybridized carbons (Fsp3) is 0.154. The molecule has 7 heteroatoms. The summed E-state index contributed by atoms with van der Waals surface area (Å²) >= 11 is 4.76.